The zero-order valence-corrected chi connectivity index (χ0v) is 12.1. The minimum atomic E-state index is 0.147. The Kier molecular flexibility index (Phi) is 2.66. The van der Waals surface area contributed by atoms with Crippen LogP contribution in [0.2, 0.25) is 0 Å². The highest BCUT2D eigenvalue weighted by Gasteiger charge is 2.60. The molecule has 2 aliphatic carbocycles. The normalized spacial score (nSPS) is 31.1. The third-order valence-corrected chi connectivity index (χ3v) is 5.67. The number of nitrogens with zero attached hydrogens (tertiary/aromatic N) is 4. The van der Waals surface area contributed by atoms with Crippen molar-refractivity contribution in [3.05, 3.63) is 12.2 Å². The first-order valence-corrected chi connectivity index (χ1v) is 7.86. The number of likely N-dealkylation sites (tertiary alicyclic amines) is 1. The first-order valence-electron chi connectivity index (χ1n) is 7.86. The third kappa shape index (κ3) is 1.71. The van der Waals surface area contributed by atoms with E-state index >= 15 is 0 Å². The predicted octanol–water partition coefficient (Wildman–Crippen LogP) is 2.06. The van der Waals surface area contributed by atoms with Crippen molar-refractivity contribution in [3.63, 3.8) is 0 Å². The van der Waals surface area contributed by atoms with Gasteiger partial charge in [0.1, 0.15) is 6.33 Å². The van der Waals surface area contributed by atoms with Crippen molar-refractivity contribution >= 4 is 5.91 Å². The smallest absolute Gasteiger partial charge is 0.226 e. The van der Waals surface area contributed by atoms with Crippen LogP contribution in [0.25, 0.3) is 0 Å². The lowest BCUT2D eigenvalue weighted by Gasteiger charge is -2.25. The van der Waals surface area contributed by atoms with Crippen LogP contribution in [0.4, 0.5) is 0 Å². The van der Waals surface area contributed by atoms with Gasteiger partial charge in [-0.25, -0.2) is 0 Å². The molecule has 0 bridgehead atoms. The highest BCUT2D eigenvalue weighted by atomic mass is 16.2. The van der Waals surface area contributed by atoms with E-state index in [0.717, 1.165) is 31.6 Å². The number of hydrogen-bond acceptors (Lipinski definition) is 3. The van der Waals surface area contributed by atoms with Crippen molar-refractivity contribution in [2.45, 2.75) is 51.0 Å². The number of aryl methyl sites for hydroxylation is 1. The molecular formula is C15H22N4O. The maximum atomic E-state index is 12.9. The molecule has 1 aliphatic heterocycles. The molecule has 1 aromatic heterocycles. The van der Waals surface area contributed by atoms with Crippen molar-refractivity contribution in [1.29, 1.82) is 0 Å². The number of carbonyl (C=O) groups is 1. The number of rotatable bonds is 2. The van der Waals surface area contributed by atoms with Gasteiger partial charge in [-0.05, 0) is 37.5 Å². The molecule has 2 saturated carbocycles. The van der Waals surface area contributed by atoms with Gasteiger partial charge < -0.3 is 9.47 Å². The van der Waals surface area contributed by atoms with E-state index in [1.807, 2.05) is 11.6 Å². The predicted molar refractivity (Wildman–Crippen MR) is 73.7 cm³/mol. The molecule has 20 heavy (non-hydrogen) atoms. The van der Waals surface area contributed by atoms with Gasteiger partial charge in [-0.2, -0.15) is 0 Å². The van der Waals surface area contributed by atoms with Gasteiger partial charge in [-0.3, -0.25) is 4.79 Å². The molecule has 3 aliphatic rings. The Morgan fingerprint density at radius 1 is 1.35 bits per heavy atom. The van der Waals surface area contributed by atoms with Crippen LogP contribution in [0.15, 0.2) is 6.33 Å². The Morgan fingerprint density at radius 2 is 2.15 bits per heavy atom. The summed E-state index contributed by atoms with van der Waals surface area (Å²) in [7, 11) is 1.96. The molecule has 1 spiro atoms. The molecule has 3 fully saturated rings. The van der Waals surface area contributed by atoms with Gasteiger partial charge in [0.15, 0.2) is 5.82 Å². The van der Waals surface area contributed by atoms with Crippen LogP contribution in [-0.2, 0) is 11.8 Å². The van der Waals surface area contributed by atoms with E-state index < -0.39 is 0 Å². The molecule has 108 valence electrons. The van der Waals surface area contributed by atoms with E-state index in [1.165, 1.54) is 25.7 Å². The van der Waals surface area contributed by atoms with Gasteiger partial charge in [0, 0.05) is 19.5 Å². The van der Waals surface area contributed by atoms with Gasteiger partial charge in [0.2, 0.25) is 5.91 Å². The first kappa shape index (κ1) is 12.4. The standard InChI is InChI=1S/C15H22N4O/c1-18-10-16-17-13(18)12-5-4-8-19(12)14(20)11-9-15(11)6-2-3-7-15/h10-12H,2-9H2,1H3. The van der Waals surface area contributed by atoms with Gasteiger partial charge >= 0.3 is 0 Å². The molecule has 4 rings (SSSR count). The minimum absolute atomic E-state index is 0.147. The number of amides is 1. The summed E-state index contributed by atoms with van der Waals surface area (Å²) < 4.78 is 1.95. The van der Waals surface area contributed by atoms with Crippen LogP contribution in [0.5, 0.6) is 0 Å². The molecule has 0 aromatic carbocycles. The Labute approximate surface area is 119 Å². The van der Waals surface area contributed by atoms with E-state index in [1.54, 1.807) is 6.33 Å². The molecule has 0 radical (unpaired) electrons. The maximum absolute atomic E-state index is 12.9. The van der Waals surface area contributed by atoms with E-state index in [2.05, 4.69) is 15.1 Å². The highest BCUT2D eigenvalue weighted by Crippen LogP contribution is 2.63. The third-order valence-electron chi connectivity index (χ3n) is 5.67. The second kappa shape index (κ2) is 4.30. The van der Waals surface area contributed by atoms with Crippen LogP contribution >= 0.6 is 0 Å². The summed E-state index contributed by atoms with van der Waals surface area (Å²) in [5, 5.41) is 8.18. The van der Waals surface area contributed by atoms with Crippen molar-refractivity contribution < 1.29 is 4.79 Å². The Morgan fingerprint density at radius 3 is 2.85 bits per heavy atom. The number of carbonyl (C=O) groups excluding carboxylic acids is 1. The summed E-state index contributed by atoms with van der Waals surface area (Å²) in [6, 6.07) is 0.147. The Balaban J connectivity index is 1.53. The summed E-state index contributed by atoms with van der Waals surface area (Å²) in [6.07, 6.45) is 10.1. The second-order valence-electron chi connectivity index (χ2n) is 6.82. The van der Waals surface area contributed by atoms with Gasteiger partial charge in [-0.1, -0.05) is 12.8 Å². The Hall–Kier alpha value is -1.39. The van der Waals surface area contributed by atoms with Crippen LogP contribution < -0.4 is 0 Å². The van der Waals surface area contributed by atoms with Crippen molar-refractivity contribution in [2.24, 2.45) is 18.4 Å². The minimum Gasteiger partial charge on any atom is -0.332 e. The van der Waals surface area contributed by atoms with Crippen molar-refractivity contribution in [2.75, 3.05) is 6.54 Å². The largest absolute Gasteiger partial charge is 0.332 e. The average Bonchev–Trinajstić information content (AvgIpc) is 2.88. The van der Waals surface area contributed by atoms with Crippen LogP contribution in [0.3, 0.4) is 0 Å². The fourth-order valence-corrected chi connectivity index (χ4v) is 4.42. The quantitative estimate of drug-likeness (QED) is 0.829. The molecule has 2 heterocycles. The number of aromatic nitrogens is 3. The molecule has 0 N–H and O–H groups in total. The summed E-state index contributed by atoms with van der Waals surface area (Å²) >= 11 is 0. The maximum Gasteiger partial charge on any atom is 0.226 e. The van der Waals surface area contributed by atoms with Crippen molar-refractivity contribution in [1.82, 2.24) is 19.7 Å². The monoisotopic (exact) mass is 274 g/mol. The molecular weight excluding hydrogens is 252 g/mol. The summed E-state index contributed by atoms with van der Waals surface area (Å²) in [5.41, 5.74) is 0.393. The van der Waals surface area contributed by atoms with Crippen molar-refractivity contribution in [3.8, 4) is 0 Å². The van der Waals surface area contributed by atoms with E-state index in [4.69, 9.17) is 0 Å². The van der Waals surface area contributed by atoms with E-state index in [9.17, 15) is 4.79 Å². The lowest BCUT2D eigenvalue weighted by atomic mass is 10.0. The summed E-state index contributed by atoms with van der Waals surface area (Å²) in [5.74, 6) is 1.63. The molecule has 1 saturated heterocycles. The van der Waals surface area contributed by atoms with Crippen LogP contribution in [0, 0.1) is 11.3 Å². The Bertz CT molecular complexity index is 532. The SMILES string of the molecule is Cn1cnnc1C1CCCN1C(=O)C1CC12CCCC2. The van der Waals surface area contributed by atoms with Gasteiger partial charge in [-0.15, -0.1) is 10.2 Å². The van der Waals surface area contributed by atoms with Gasteiger partial charge in [0.05, 0.1) is 6.04 Å². The summed E-state index contributed by atoms with van der Waals surface area (Å²) in [4.78, 5) is 14.9. The lowest BCUT2D eigenvalue weighted by Crippen LogP contribution is -2.34. The van der Waals surface area contributed by atoms with Crippen LogP contribution in [0.1, 0.15) is 56.8 Å². The molecule has 1 amide bonds. The van der Waals surface area contributed by atoms with E-state index in [0.29, 0.717) is 17.2 Å². The molecule has 1 aromatic rings. The topological polar surface area (TPSA) is 51.0 Å². The lowest BCUT2D eigenvalue weighted by molar-refractivity contribution is -0.134. The zero-order chi connectivity index (χ0) is 13.7. The number of hydrogen-bond donors (Lipinski definition) is 0. The second-order valence-corrected chi connectivity index (χ2v) is 6.82. The first-order chi connectivity index (χ1) is 9.71. The van der Waals surface area contributed by atoms with Gasteiger partial charge in [0.25, 0.3) is 0 Å². The fraction of sp³-hybridized carbons (Fsp3) is 0.800. The molecule has 5 heteroatoms. The fourth-order valence-electron chi connectivity index (χ4n) is 4.42. The molecule has 2 atom stereocenters. The molecule has 2 unspecified atom stereocenters. The zero-order valence-electron chi connectivity index (χ0n) is 12.1. The molecule has 5 nitrogen and oxygen atoms in total. The van der Waals surface area contributed by atoms with E-state index in [-0.39, 0.29) is 6.04 Å². The highest BCUT2D eigenvalue weighted by molar-refractivity contribution is 5.83. The summed E-state index contributed by atoms with van der Waals surface area (Å²) in [6.45, 7) is 0.892. The average molecular weight is 274 g/mol. The van der Waals surface area contributed by atoms with Crippen LogP contribution in [-0.4, -0.2) is 32.1 Å².